The summed E-state index contributed by atoms with van der Waals surface area (Å²) in [5.74, 6) is -0.644. The second-order valence-corrected chi connectivity index (χ2v) is 5.75. The molecule has 0 fully saturated rings. The van der Waals surface area contributed by atoms with E-state index >= 15 is 0 Å². The van der Waals surface area contributed by atoms with Crippen LogP contribution in [0.4, 0.5) is 16.2 Å². The van der Waals surface area contributed by atoms with Crippen LogP contribution in [0, 0.1) is 6.92 Å². The van der Waals surface area contributed by atoms with Crippen LogP contribution >= 0.6 is 0 Å². The minimum absolute atomic E-state index is 0.142. The standard InChI is InChI=1S/C20H22N4O3/c1-3-12-21-20(27)24-16-10-8-15(9-11-16)23-18(25)13-22-19(26)17-7-5-4-6-14(17)2/h3-11H,1,12-13H2,2H3,(H,22,26)(H,23,25)(H2,21,24,27). The highest BCUT2D eigenvalue weighted by Crippen LogP contribution is 2.13. The summed E-state index contributed by atoms with van der Waals surface area (Å²) in [5.41, 5.74) is 2.52. The molecule has 2 rings (SSSR count). The number of carbonyl (C=O) groups is 3. The van der Waals surface area contributed by atoms with Crippen molar-refractivity contribution in [3.8, 4) is 0 Å². The van der Waals surface area contributed by atoms with Crippen molar-refractivity contribution in [3.05, 3.63) is 72.3 Å². The molecule has 4 amide bonds. The number of aryl methyl sites for hydroxylation is 1. The lowest BCUT2D eigenvalue weighted by Crippen LogP contribution is -2.33. The summed E-state index contributed by atoms with van der Waals surface area (Å²) < 4.78 is 0. The van der Waals surface area contributed by atoms with Crippen molar-refractivity contribution in [3.63, 3.8) is 0 Å². The molecule has 0 aliphatic carbocycles. The van der Waals surface area contributed by atoms with E-state index in [9.17, 15) is 14.4 Å². The largest absolute Gasteiger partial charge is 0.343 e. The fourth-order valence-electron chi connectivity index (χ4n) is 2.27. The lowest BCUT2D eigenvalue weighted by atomic mass is 10.1. The van der Waals surface area contributed by atoms with E-state index < -0.39 is 0 Å². The zero-order valence-corrected chi connectivity index (χ0v) is 15.0. The van der Waals surface area contributed by atoms with Gasteiger partial charge in [0.15, 0.2) is 0 Å². The number of carbonyl (C=O) groups excluding carboxylic acids is 3. The van der Waals surface area contributed by atoms with Crippen LogP contribution in [0.3, 0.4) is 0 Å². The lowest BCUT2D eigenvalue weighted by Gasteiger charge is -2.10. The highest BCUT2D eigenvalue weighted by Gasteiger charge is 2.10. The molecule has 2 aromatic rings. The van der Waals surface area contributed by atoms with Crippen molar-refractivity contribution in [2.24, 2.45) is 0 Å². The summed E-state index contributed by atoms with van der Waals surface area (Å²) in [6.45, 7) is 5.58. The number of hydrogen-bond donors (Lipinski definition) is 4. The van der Waals surface area contributed by atoms with Gasteiger partial charge in [0.1, 0.15) is 0 Å². The van der Waals surface area contributed by atoms with Gasteiger partial charge < -0.3 is 21.3 Å². The second-order valence-electron chi connectivity index (χ2n) is 5.75. The normalized spacial score (nSPS) is 9.81. The van der Waals surface area contributed by atoms with E-state index in [-0.39, 0.29) is 24.4 Å². The fraction of sp³-hybridized carbons (Fsp3) is 0.150. The van der Waals surface area contributed by atoms with Gasteiger partial charge in [-0.3, -0.25) is 9.59 Å². The molecular formula is C20H22N4O3. The summed E-state index contributed by atoms with van der Waals surface area (Å²) >= 11 is 0. The van der Waals surface area contributed by atoms with Crippen LogP contribution in [0.15, 0.2) is 61.2 Å². The van der Waals surface area contributed by atoms with E-state index in [0.717, 1.165) is 5.56 Å². The molecule has 0 heterocycles. The quantitative estimate of drug-likeness (QED) is 0.567. The number of anilines is 2. The summed E-state index contributed by atoms with van der Waals surface area (Å²) in [6.07, 6.45) is 1.58. The number of amides is 4. The average Bonchev–Trinajstić information content (AvgIpc) is 2.66. The Morgan fingerprint density at radius 2 is 1.56 bits per heavy atom. The zero-order valence-electron chi connectivity index (χ0n) is 15.0. The van der Waals surface area contributed by atoms with Gasteiger partial charge in [-0.1, -0.05) is 24.3 Å². The highest BCUT2D eigenvalue weighted by molar-refractivity contribution is 6.00. The molecule has 4 N–H and O–H groups in total. The number of urea groups is 1. The first-order valence-corrected chi connectivity index (χ1v) is 8.39. The minimum atomic E-state index is -0.346. The molecule has 7 heteroatoms. The van der Waals surface area contributed by atoms with Gasteiger partial charge in [0.05, 0.1) is 6.54 Å². The van der Waals surface area contributed by atoms with Gasteiger partial charge in [-0.25, -0.2) is 4.79 Å². The Kier molecular flexibility index (Phi) is 7.13. The molecular weight excluding hydrogens is 344 g/mol. The maximum absolute atomic E-state index is 12.1. The van der Waals surface area contributed by atoms with Gasteiger partial charge in [-0.15, -0.1) is 6.58 Å². The van der Waals surface area contributed by atoms with Crippen molar-refractivity contribution in [1.29, 1.82) is 0 Å². The van der Waals surface area contributed by atoms with Gasteiger partial charge >= 0.3 is 6.03 Å². The summed E-state index contributed by atoms with van der Waals surface area (Å²) in [6, 6.07) is 13.5. The van der Waals surface area contributed by atoms with Crippen molar-refractivity contribution >= 4 is 29.2 Å². The predicted molar refractivity (Wildman–Crippen MR) is 106 cm³/mol. The minimum Gasteiger partial charge on any atom is -0.343 e. The topological polar surface area (TPSA) is 99.3 Å². The van der Waals surface area contributed by atoms with Crippen molar-refractivity contribution in [2.45, 2.75) is 6.92 Å². The Hall–Kier alpha value is -3.61. The maximum atomic E-state index is 12.1. The van der Waals surface area contributed by atoms with Gasteiger partial charge in [-0.2, -0.15) is 0 Å². The number of rotatable bonds is 7. The van der Waals surface area contributed by atoms with Gasteiger partial charge in [-0.05, 0) is 42.8 Å². The number of benzene rings is 2. The van der Waals surface area contributed by atoms with Crippen LogP contribution in [0.1, 0.15) is 15.9 Å². The van der Waals surface area contributed by atoms with Gasteiger partial charge in [0.2, 0.25) is 5.91 Å². The van der Waals surface area contributed by atoms with Crippen molar-refractivity contribution in [1.82, 2.24) is 10.6 Å². The molecule has 2 aromatic carbocycles. The Balaban J connectivity index is 1.82. The van der Waals surface area contributed by atoms with Gasteiger partial charge in [0.25, 0.3) is 5.91 Å². The lowest BCUT2D eigenvalue weighted by molar-refractivity contribution is -0.115. The third kappa shape index (κ3) is 6.32. The second kappa shape index (κ2) is 9.76. The molecule has 0 saturated carbocycles. The maximum Gasteiger partial charge on any atom is 0.319 e. The zero-order chi connectivity index (χ0) is 19.6. The van der Waals surface area contributed by atoms with Crippen LogP contribution < -0.4 is 21.3 Å². The highest BCUT2D eigenvalue weighted by atomic mass is 16.2. The molecule has 140 valence electrons. The molecule has 0 saturated heterocycles. The third-order valence-corrected chi connectivity index (χ3v) is 3.63. The first-order chi connectivity index (χ1) is 13.0. The Morgan fingerprint density at radius 3 is 2.19 bits per heavy atom. The van der Waals surface area contributed by atoms with E-state index in [1.54, 1.807) is 42.5 Å². The third-order valence-electron chi connectivity index (χ3n) is 3.63. The average molecular weight is 366 g/mol. The fourth-order valence-corrected chi connectivity index (χ4v) is 2.27. The molecule has 27 heavy (non-hydrogen) atoms. The summed E-state index contributed by atoms with van der Waals surface area (Å²) in [4.78, 5) is 35.6. The van der Waals surface area contributed by atoms with Crippen LogP contribution in [-0.4, -0.2) is 30.9 Å². The molecule has 0 atom stereocenters. The van der Waals surface area contributed by atoms with E-state index in [1.807, 2.05) is 19.1 Å². The Morgan fingerprint density at radius 1 is 0.926 bits per heavy atom. The molecule has 0 aromatic heterocycles. The van der Waals surface area contributed by atoms with E-state index in [4.69, 9.17) is 0 Å². The van der Waals surface area contributed by atoms with Crippen LogP contribution in [0.2, 0.25) is 0 Å². The van der Waals surface area contributed by atoms with E-state index in [1.165, 1.54) is 0 Å². The first kappa shape index (κ1) is 19.7. The van der Waals surface area contributed by atoms with Crippen molar-refractivity contribution in [2.75, 3.05) is 23.7 Å². The van der Waals surface area contributed by atoms with Crippen LogP contribution in [0.5, 0.6) is 0 Å². The smallest absolute Gasteiger partial charge is 0.319 e. The Bertz CT molecular complexity index is 831. The number of nitrogens with one attached hydrogen (secondary N) is 4. The van der Waals surface area contributed by atoms with Crippen LogP contribution in [0.25, 0.3) is 0 Å². The molecule has 7 nitrogen and oxygen atoms in total. The molecule has 0 bridgehead atoms. The van der Waals surface area contributed by atoms with Crippen molar-refractivity contribution < 1.29 is 14.4 Å². The predicted octanol–water partition coefficient (Wildman–Crippen LogP) is 2.67. The van der Waals surface area contributed by atoms with E-state index in [2.05, 4.69) is 27.8 Å². The number of hydrogen-bond acceptors (Lipinski definition) is 3. The molecule has 0 aliphatic rings. The van der Waals surface area contributed by atoms with E-state index in [0.29, 0.717) is 23.5 Å². The summed E-state index contributed by atoms with van der Waals surface area (Å²) in [7, 11) is 0. The molecule has 0 unspecified atom stereocenters. The summed E-state index contributed by atoms with van der Waals surface area (Å²) in [5, 5.41) is 10.5. The monoisotopic (exact) mass is 366 g/mol. The first-order valence-electron chi connectivity index (χ1n) is 8.39. The van der Waals surface area contributed by atoms with Crippen LogP contribution in [-0.2, 0) is 4.79 Å². The molecule has 0 radical (unpaired) electrons. The molecule has 0 aliphatic heterocycles. The SMILES string of the molecule is C=CCNC(=O)Nc1ccc(NC(=O)CNC(=O)c2ccccc2C)cc1. The molecule has 0 spiro atoms. The Labute approximate surface area is 157 Å². The van der Waals surface area contributed by atoms with Gasteiger partial charge in [0, 0.05) is 23.5 Å².